The molecule has 212 valence electrons. The van der Waals surface area contributed by atoms with Gasteiger partial charge in [0.15, 0.2) is 0 Å². The summed E-state index contributed by atoms with van der Waals surface area (Å²) >= 11 is 0. The lowest BCUT2D eigenvalue weighted by atomic mass is 9.40. The van der Waals surface area contributed by atoms with Crippen molar-refractivity contribution in [3.8, 4) is 0 Å². The first kappa shape index (κ1) is 28.8. The lowest BCUT2D eigenvalue weighted by Gasteiger charge is -2.62. The van der Waals surface area contributed by atoms with Gasteiger partial charge < -0.3 is 19.7 Å². The average molecular weight is 531 g/mol. The van der Waals surface area contributed by atoms with Gasteiger partial charge in [-0.25, -0.2) is 4.79 Å². The van der Waals surface area contributed by atoms with Gasteiger partial charge in [-0.2, -0.15) is 0 Å². The maximum Gasteiger partial charge on any atom is 0.331 e. The second-order valence-electron chi connectivity index (χ2n) is 13.4. The molecule has 4 fully saturated rings. The first-order valence-corrected chi connectivity index (χ1v) is 14.3. The van der Waals surface area contributed by atoms with Crippen molar-refractivity contribution < 1.29 is 34.1 Å². The second kappa shape index (κ2) is 10.1. The highest BCUT2D eigenvalue weighted by atomic mass is 16.5. The fourth-order valence-corrected chi connectivity index (χ4v) is 9.15. The minimum absolute atomic E-state index is 0.0902. The number of carbonyl (C=O) groups is 3. The molecule has 7 heteroatoms. The Morgan fingerprint density at radius 3 is 2.39 bits per heavy atom. The molecule has 0 aromatic heterocycles. The van der Waals surface area contributed by atoms with E-state index >= 15 is 0 Å². The molecule has 1 saturated heterocycles. The van der Waals surface area contributed by atoms with Crippen molar-refractivity contribution in [1.29, 1.82) is 0 Å². The van der Waals surface area contributed by atoms with Crippen LogP contribution in [-0.2, 0) is 23.9 Å². The van der Waals surface area contributed by atoms with Gasteiger partial charge in [-0.3, -0.25) is 9.59 Å². The molecule has 9 atom stereocenters. The second-order valence-corrected chi connectivity index (χ2v) is 13.4. The highest BCUT2D eigenvalue weighted by Gasteiger charge is 2.70. The number of allylic oxidation sites excluding steroid dienone is 2. The molecule has 0 amide bonds. The third-order valence-electron chi connectivity index (χ3n) is 11.2. The van der Waals surface area contributed by atoms with E-state index in [1.165, 1.54) is 6.92 Å². The first-order valence-electron chi connectivity index (χ1n) is 14.3. The number of hydrogen-bond acceptors (Lipinski definition) is 6. The van der Waals surface area contributed by atoms with E-state index in [0.29, 0.717) is 31.3 Å². The zero-order valence-corrected chi connectivity index (χ0v) is 24.1. The van der Waals surface area contributed by atoms with Gasteiger partial charge in [0.2, 0.25) is 0 Å². The van der Waals surface area contributed by atoms with E-state index < -0.39 is 28.9 Å². The molecule has 38 heavy (non-hydrogen) atoms. The molecule has 4 rings (SSSR count). The van der Waals surface area contributed by atoms with Gasteiger partial charge in [0.1, 0.15) is 6.10 Å². The Labute approximate surface area is 227 Å². The van der Waals surface area contributed by atoms with Gasteiger partial charge in [-0.05, 0) is 92.4 Å². The van der Waals surface area contributed by atoms with Crippen LogP contribution in [0.5, 0.6) is 0 Å². The molecule has 1 aliphatic heterocycles. The summed E-state index contributed by atoms with van der Waals surface area (Å²) in [5, 5.41) is 21.0. The lowest BCUT2D eigenvalue weighted by molar-refractivity contribution is -0.191. The molecule has 0 spiro atoms. The van der Waals surface area contributed by atoms with Crippen LogP contribution in [-0.4, -0.2) is 46.9 Å². The number of carboxylic acid groups (broad SMARTS) is 1. The van der Waals surface area contributed by atoms with Gasteiger partial charge in [-0.15, -0.1) is 0 Å². The van der Waals surface area contributed by atoms with Crippen LogP contribution in [0.3, 0.4) is 0 Å². The smallest absolute Gasteiger partial charge is 0.331 e. The molecule has 0 unspecified atom stereocenters. The van der Waals surface area contributed by atoms with Gasteiger partial charge >= 0.3 is 17.9 Å². The van der Waals surface area contributed by atoms with Crippen molar-refractivity contribution >= 4 is 17.9 Å². The van der Waals surface area contributed by atoms with Crippen molar-refractivity contribution in [2.24, 2.45) is 39.9 Å². The van der Waals surface area contributed by atoms with Crippen molar-refractivity contribution in [2.45, 2.75) is 106 Å². The number of aliphatic hydroxyl groups excluding tert-OH is 1. The number of carboxylic acids is 1. The van der Waals surface area contributed by atoms with Crippen LogP contribution in [0.4, 0.5) is 0 Å². The molecule has 3 aliphatic carbocycles. The molecule has 4 aliphatic rings. The van der Waals surface area contributed by atoms with Gasteiger partial charge in [0.05, 0.1) is 18.6 Å². The Kier molecular flexibility index (Phi) is 7.67. The minimum Gasteiger partial charge on any atom is -0.478 e. The number of carbonyl (C=O) groups excluding carboxylic acids is 2. The fourth-order valence-electron chi connectivity index (χ4n) is 9.15. The number of cyclic esters (lactones) is 1. The van der Waals surface area contributed by atoms with E-state index in [1.54, 1.807) is 0 Å². The molecular formula is C31H46O7. The quantitative estimate of drug-likeness (QED) is 0.276. The van der Waals surface area contributed by atoms with Crippen molar-refractivity contribution in [1.82, 2.24) is 0 Å². The molecule has 3 saturated carbocycles. The zero-order chi connectivity index (χ0) is 28.2. The van der Waals surface area contributed by atoms with Crippen molar-refractivity contribution in [3.05, 3.63) is 22.8 Å². The zero-order valence-electron chi connectivity index (χ0n) is 24.1. The fraction of sp³-hybridized carbons (Fsp3) is 0.774. The Hall–Kier alpha value is -2.15. The Bertz CT molecular complexity index is 1050. The third kappa shape index (κ3) is 4.43. The monoisotopic (exact) mass is 530 g/mol. The molecule has 0 aromatic carbocycles. The first-order chi connectivity index (χ1) is 17.7. The van der Waals surface area contributed by atoms with E-state index in [0.717, 1.165) is 24.8 Å². The van der Waals surface area contributed by atoms with E-state index in [-0.39, 0.29) is 53.3 Å². The van der Waals surface area contributed by atoms with Gasteiger partial charge in [0, 0.05) is 18.4 Å². The topological polar surface area (TPSA) is 110 Å². The summed E-state index contributed by atoms with van der Waals surface area (Å²) in [5.74, 6) is -2.08. The normalized spacial score (nSPS) is 43.5. The van der Waals surface area contributed by atoms with Crippen LogP contribution in [0, 0.1) is 39.9 Å². The molecule has 0 bridgehead atoms. The Morgan fingerprint density at radius 1 is 1.11 bits per heavy atom. The summed E-state index contributed by atoms with van der Waals surface area (Å²) in [4.78, 5) is 38.8. The number of aliphatic hydroxyl groups is 1. The lowest BCUT2D eigenvalue weighted by Crippen LogP contribution is -2.61. The number of esters is 2. The predicted octanol–water partition coefficient (Wildman–Crippen LogP) is 5.46. The van der Waals surface area contributed by atoms with Crippen molar-refractivity contribution in [2.75, 3.05) is 6.61 Å². The minimum atomic E-state index is -1.01. The van der Waals surface area contributed by atoms with E-state index in [2.05, 4.69) is 27.7 Å². The number of hydrogen-bond donors (Lipinski definition) is 2. The van der Waals surface area contributed by atoms with Crippen LogP contribution < -0.4 is 0 Å². The molecule has 2 N–H and O–H groups in total. The maximum atomic E-state index is 13.9. The number of ether oxygens (including phenoxy) is 2. The van der Waals surface area contributed by atoms with Crippen LogP contribution in [0.15, 0.2) is 22.8 Å². The van der Waals surface area contributed by atoms with Crippen molar-refractivity contribution in [3.63, 3.8) is 0 Å². The third-order valence-corrected chi connectivity index (χ3v) is 11.2. The standard InChI is InChI=1S/C31H46O7/c1-17(2)9-8-10-20(27(34)35)25-22-16-37-28(36)26-29(5)13-12-23(33)18(3)21(29)11-14-30(26,6)31(22,7)15-24(25)38-19(4)32/h9,18,21-24,26,33H,8,10-16H2,1-7H3,(H,34,35)/b25-20-/t18-,21-,22-,23+,24-,26-,29-,30-,31-/m0/s1. The summed E-state index contributed by atoms with van der Waals surface area (Å²) in [5.41, 5.74) is 0.680. The summed E-state index contributed by atoms with van der Waals surface area (Å²) in [6.45, 7) is 14.1. The highest BCUT2D eigenvalue weighted by Crippen LogP contribution is 2.71. The Morgan fingerprint density at radius 2 is 1.79 bits per heavy atom. The largest absolute Gasteiger partial charge is 0.478 e. The van der Waals surface area contributed by atoms with E-state index in [9.17, 15) is 24.6 Å². The van der Waals surface area contributed by atoms with E-state index in [4.69, 9.17) is 9.47 Å². The molecule has 1 heterocycles. The SMILES string of the molecule is CC(=O)O[C@H]1C[C@@]2(C)[C@@H](COC(=O)[C@H]3[C@@]4(C)CC[C@@H](O)[C@@H](C)[C@@H]4CC[C@@]32C)/C1=C(\CCC=C(C)C)C(=O)O. The van der Waals surface area contributed by atoms with Gasteiger partial charge in [0.25, 0.3) is 0 Å². The molecule has 0 radical (unpaired) electrons. The molecule has 0 aromatic rings. The molecule has 7 nitrogen and oxygen atoms in total. The van der Waals surface area contributed by atoms with Gasteiger partial charge in [-0.1, -0.05) is 39.3 Å². The summed E-state index contributed by atoms with van der Waals surface area (Å²) in [6.07, 6.45) is 5.42. The van der Waals surface area contributed by atoms with Crippen LogP contribution in [0.25, 0.3) is 0 Å². The molecular weight excluding hydrogens is 484 g/mol. The van der Waals surface area contributed by atoms with Crippen LogP contribution in [0.2, 0.25) is 0 Å². The van der Waals surface area contributed by atoms with Crippen LogP contribution >= 0.6 is 0 Å². The van der Waals surface area contributed by atoms with E-state index in [1.807, 2.05) is 19.9 Å². The average Bonchev–Trinajstić information content (AvgIpc) is 3.04. The Balaban J connectivity index is 1.86. The number of rotatable bonds is 5. The summed E-state index contributed by atoms with van der Waals surface area (Å²) in [6, 6.07) is 0. The highest BCUT2D eigenvalue weighted by molar-refractivity contribution is 5.88. The summed E-state index contributed by atoms with van der Waals surface area (Å²) < 4.78 is 11.9. The predicted molar refractivity (Wildman–Crippen MR) is 143 cm³/mol. The summed E-state index contributed by atoms with van der Waals surface area (Å²) in [7, 11) is 0. The maximum absolute atomic E-state index is 13.9. The number of aliphatic carboxylic acids is 1. The number of fused-ring (bicyclic) bond motifs is 5. The van der Waals surface area contributed by atoms with Crippen LogP contribution in [0.1, 0.15) is 93.4 Å².